The molecule has 5 rings (SSSR count). The number of rotatable bonds is 18. The van der Waals surface area contributed by atoms with Gasteiger partial charge in [-0.2, -0.15) is 18.4 Å². The number of nitrogens with zero attached hydrogens (tertiary/aromatic N) is 4. The van der Waals surface area contributed by atoms with E-state index in [-0.39, 0.29) is 89.8 Å². The lowest BCUT2D eigenvalue weighted by Crippen LogP contribution is -2.57. The quantitative estimate of drug-likeness (QED) is 0.0556. The number of carbonyl (C=O) groups is 5. The Kier molecular flexibility index (Phi) is 19.1. The Bertz CT molecular complexity index is 2810. The van der Waals surface area contributed by atoms with Crippen LogP contribution in [0.15, 0.2) is 60.7 Å². The number of ether oxygens (including phenoxy) is 2. The van der Waals surface area contributed by atoms with Crippen molar-refractivity contribution in [2.24, 2.45) is 16.6 Å². The number of fused-ring (bicyclic) bond motifs is 5. The molecular formula is C49H64N12O11S. The lowest BCUT2D eigenvalue weighted by atomic mass is 9.86. The topological polar surface area (TPSA) is 369 Å². The minimum absolute atomic E-state index is 0.0134. The number of nitriles is 1. The average molecular weight is 1030 g/mol. The van der Waals surface area contributed by atoms with Gasteiger partial charge in [-0.1, -0.05) is 57.2 Å². The summed E-state index contributed by atoms with van der Waals surface area (Å²) in [6.45, 7) is 8.67. The third-order valence-electron chi connectivity index (χ3n) is 11.8. The van der Waals surface area contributed by atoms with Crippen molar-refractivity contribution in [3.05, 3.63) is 94.3 Å². The molecule has 13 N–H and O–H groups in total. The average Bonchev–Trinajstić information content (AvgIpc) is 3.34. The maximum Gasteiger partial charge on any atom is 0.274 e. The lowest BCUT2D eigenvalue weighted by Gasteiger charge is -2.33. The minimum Gasteiger partial charge on any atom is -0.490 e. The van der Waals surface area contributed by atoms with Gasteiger partial charge in [0.25, 0.3) is 16.1 Å². The summed E-state index contributed by atoms with van der Waals surface area (Å²) in [5, 5.41) is 45.6. The fourth-order valence-electron chi connectivity index (χ4n) is 7.80. The van der Waals surface area contributed by atoms with E-state index in [0.29, 0.717) is 17.0 Å². The highest BCUT2D eigenvalue weighted by atomic mass is 32.2. The molecule has 1 aliphatic heterocycles. The number of aliphatic hydroxyl groups excluding tert-OH is 2. The highest BCUT2D eigenvalue weighted by Crippen LogP contribution is 2.40. The summed E-state index contributed by atoms with van der Waals surface area (Å²) in [6.07, 6.45) is -2.35. The van der Waals surface area contributed by atoms with Gasteiger partial charge >= 0.3 is 0 Å². The molecule has 3 aromatic carbocycles. The van der Waals surface area contributed by atoms with Gasteiger partial charge in [-0.25, -0.2) is 15.1 Å². The summed E-state index contributed by atoms with van der Waals surface area (Å²) in [7, 11) is -3.27. The van der Waals surface area contributed by atoms with Crippen LogP contribution >= 0.6 is 0 Å². The van der Waals surface area contributed by atoms with Gasteiger partial charge < -0.3 is 57.3 Å². The van der Waals surface area contributed by atoms with E-state index >= 15 is 0 Å². The molecule has 0 fully saturated rings. The van der Waals surface area contributed by atoms with Crippen LogP contribution in [0.5, 0.6) is 11.5 Å². The van der Waals surface area contributed by atoms with Crippen LogP contribution in [-0.2, 0) is 41.2 Å². The molecule has 0 radical (unpaired) electrons. The van der Waals surface area contributed by atoms with Gasteiger partial charge in [0.2, 0.25) is 23.6 Å². The number of benzene rings is 3. The van der Waals surface area contributed by atoms with Crippen LogP contribution in [0.1, 0.15) is 72.2 Å². The van der Waals surface area contributed by atoms with Crippen LogP contribution in [0.3, 0.4) is 0 Å². The Morgan fingerprint density at radius 1 is 0.904 bits per heavy atom. The predicted molar refractivity (Wildman–Crippen MR) is 268 cm³/mol. The number of likely N-dealkylation sites (N-methyl/N-ethyl adjacent to an activating group) is 1. The van der Waals surface area contributed by atoms with Crippen LogP contribution in [-0.4, -0.2) is 140 Å². The van der Waals surface area contributed by atoms with Gasteiger partial charge in [0.15, 0.2) is 5.82 Å². The highest BCUT2D eigenvalue weighted by molar-refractivity contribution is 7.87. The molecule has 23 nitrogen and oxygen atoms in total. The number of carbonyl (C=O) groups excluding carboxylic acids is 5. The zero-order chi connectivity index (χ0) is 53.9. The minimum atomic E-state index is -4.48. The van der Waals surface area contributed by atoms with E-state index in [1.54, 1.807) is 26.0 Å². The van der Waals surface area contributed by atoms with Gasteiger partial charge in [0, 0.05) is 49.8 Å². The van der Waals surface area contributed by atoms with E-state index in [0.717, 1.165) is 10.5 Å². The summed E-state index contributed by atoms with van der Waals surface area (Å²) in [6, 6.07) is 12.5. The van der Waals surface area contributed by atoms with Crippen molar-refractivity contribution in [1.82, 2.24) is 40.9 Å². The fourth-order valence-corrected chi connectivity index (χ4v) is 8.20. The molecule has 4 aromatic rings. The summed E-state index contributed by atoms with van der Waals surface area (Å²) in [5.74, 6) is -3.78. The largest absolute Gasteiger partial charge is 0.490 e. The summed E-state index contributed by atoms with van der Waals surface area (Å²) < 4.78 is 38.8. The van der Waals surface area contributed by atoms with Gasteiger partial charge in [0.05, 0.1) is 23.0 Å². The number of nitrogens with one attached hydrogen (secondary N) is 5. The van der Waals surface area contributed by atoms with Crippen LogP contribution < -0.4 is 52.1 Å². The first kappa shape index (κ1) is 56.8. The Hall–Kier alpha value is -7.11. The molecule has 4 bridgehead atoms. The molecule has 24 heteroatoms. The SMILES string of the molecule is Cc1nc(-c2ccc(C(C)(C)C)cc2)nc(C)c1C(=O)N[C@@H](CNS(N)(=O)=O)C(=O)N(C)[C@@H]1C(=O)N[C@@H](C)C(=O)N[C@H](C(=O)NCC#N)Cc2ccc(OC[C@@H](O)CN)c(c2)-c2cc1ccc2OC[C@@H](O)CN. The number of nitrogens with two attached hydrogens (primary N) is 3. The molecular weight excluding hydrogens is 965 g/mol. The molecule has 0 saturated heterocycles. The second-order valence-corrected chi connectivity index (χ2v) is 19.9. The van der Waals surface area contributed by atoms with Crippen molar-refractivity contribution in [3.8, 4) is 40.1 Å². The van der Waals surface area contributed by atoms with Gasteiger partial charge in [-0.15, -0.1) is 0 Å². The molecule has 5 amide bonds. The molecule has 6 atom stereocenters. The zero-order valence-electron chi connectivity index (χ0n) is 41.7. The number of hydrogen-bond acceptors (Lipinski definition) is 16. The molecule has 0 spiro atoms. The zero-order valence-corrected chi connectivity index (χ0v) is 42.5. The molecule has 2 heterocycles. The Balaban J connectivity index is 1.65. The summed E-state index contributed by atoms with van der Waals surface area (Å²) >= 11 is 0. The van der Waals surface area contributed by atoms with E-state index in [1.807, 2.05) is 30.3 Å². The lowest BCUT2D eigenvalue weighted by molar-refractivity contribution is -0.141. The predicted octanol–water partition coefficient (Wildman–Crippen LogP) is -0.602. The van der Waals surface area contributed by atoms with Crippen LogP contribution in [0.4, 0.5) is 0 Å². The van der Waals surface area contributed by atoms with Gasteiger partial charge in [0.1, 0.15) is 67.6 Å². The monoisotopic (exact) mass is 1030 g/mol. The molecule has 0 saturated carbocycles. The van der Waals surface area contributed by atoms with Crippen molar-refractivity contribution in [2.45, 2.75) is 89.8 Å². The smallest absolute Gasteiger partial charge is 0.274 e. The molecule has 73 heavy (non-hydrogen) atoms. The first-order valence-corrected chi connectivity index (χ1v) is 24.8. The van der Waals surface area contributed by atoms with Crippen molar-refractivity contribution in [1.29, 1.82) is 5.26 Å². The third kappa shape index (κ3) is 15.0. The Morgan fingerprint density at radius 3 is 2.03 bits per heavy atom. The van der Waals surface area contributed by atoms with E-state index in [4.69, 9.17) is 26.1 Å². The van der Waals surface area contributed by atoms with Gasteiger partial charge in [-0.05, 0) is 67.1 Å². The van der Waals surface area contributed by atoms with Gasteiger partial charge in [-0.3, -0.25) is 24.0 Å². The fraction of sp³-hybridized carbons (Fsp3) is 0.429. The maximum atomic E-state index is 14.9. The molecule has 1 aliphatic rings. The van der Waals surface area contributed by atoms with Crippen molar-refractivity contribution in [3.63, 3.8) is 0 Å². The van der Waals surface area contributed by atoms with Crippen molar-refractivity contribution in [2.75, 3.05) is 46.4 Å². The van der Waals surface area contributed by atoms with E-state index in [1.165, 1.54) is 38.2 Å². The summed E-state index contributed by atoms with van der Waals surface area (Å²) in [4.78, 5) is 81.3. The normalized spacial score (nSPS) is 17.3. The highest BCUT2D eigenvalue weighted by Gasteiger charge is 2.37. The second-order valence-electron chi connectivity index (χ2n) is 18.6. The standard InChI is InChI=1S/C49H64N12O11S/c1-26-41(27(2)57-43(56-26)30-9-12-32(13-10-30)49(4,5)6)46(66)60-38(23-55-73(53,69)70)48(68)61(7)42-31-11-15-40(72-25-34(63)22-52)36(20-31)35-18-29(8-14-39(35)71-24-33(62)21-51)19-37(45(65)54-17-16-50)59-44(64)28(3)58-47(42)67/h8-15,18,20,28,33-34,37-38,42,55,62-63H,17,19,21-25,51-52H2,1-7H3,(H,54,65)(H,58,67)(H,59,64)(H,60,66)(H2,53,69,70)/t28-,33-,34-,37-,38-,42-/m0/s1. The number of amides is 5. The Labute approximate surface area is 423 Å². The number of aromatic nitrogens is 2. The number of aliphatic hydroxyl groups is 2. The first-order chi connectivity index (χ1) is 34.3. The van der Waals surface area contributed by atoms with E-state index in [9.17, 15) is 47.9 Å². The molecule has 0 unspecified atom stereocenters. The molecule has 0 aliphatic carbocycles. The molecule has 1 aromatic heterocycles. The number of hydrogen-bond donors (Lipinski definition) is 10. The first-order valence-electron chi connectivity index (χ1n) is 23.2. The molecule has 392 valence electrons. The van der Waals surface area contributed by atoms with Crippen LogP contribution in [0, 0.1) is 25.2 Å². The van der Waals surface area contributed by atoms with Crippen LogP contribution in [0.2, 0.25) is 0 Å². The van der Waals surface area contributed by atoms with Crippen molar-refractivity contribution >= 4 is 39.7 Å². The maximum absolute atomic E-state index is 14.9. The second kappa shape index (κ2) is 24.5. The van der Waals surface area contributed by atoms with Crippen LogP contribution in [0.25, 0.3) is 22.5 Å². The third-order valence-corrected chi connectivity index (χ3v) is 12.4. The Morgan fingerprint density at radius 2 is 1.48 bits per heavy atom. The van der Waals surface area contributed by atoms with E-state index in [2.05, 4.69) is 56.7 Å². The number of aryl methyl sites for hydroxylation is 2. The summed E-state index contributed by atoms with van der Waals surface area (Å²) in [5.41, 5.74) is 14.5. The van der Waals surface area contributed by atoms with Crippen molar-refractivity contribution < 1.29 is 52.1 Å². The van der Waals surface area contributed by atoms with E-state index < -0.39 is 82.7 Å².